The van der Waals surface area contributed by atoms with Crippen LogP contribution in [0.5, 0.6) is 0 Å². The van der Waals surface area contributed by atoms with Crippen LogP contribution in [-0.4, -0.2) is 15.1 Å². The van der Waals surface area contributed by atoms with Crippen LogP contribution in [0, 0.1) is 0 Å². The molecule has 3 aromatic rings. The summed E-state index contributed by atoms with van der Waals surface area (Å²) >= 11 is 3.35. The van der Waals surface area contributed by atoms with E-state index in [0.29, 0.717) is 0 Å². The molecule has 19 heavy (non-hydrogen) atoms. The molecule has 2 heterocycles. The first-order valence-corrected chi connectivity index (χ1v) is 6.66. The standard InChI is InChI=1S/C15H11BrN2O/c16-13-6-12(7-17-9-13)15(19)11-5-10-3-1-2-4-14(10)18-8-11/h1-9,15,19H. The van der Waals surface area contributed by atoms with Crippen LogP contribution in [0.2, 0.25) is 0 Å². The van der Waals surface area contributed by atoms with Crippen LogP contribution in [0.3, 0.4) is 0 Å². The zero-order chi connectivity index (χ0) is 13.2. The Bertz CT molecular complexity index is 730. The van der Waals surface area contributed by atoms with E-state index in [1.807, 2.05) is 36.4 Å². The Morgan fingerprint density at radius 3 is 2.63 bits per heavy atom. The normalized spacial score (nSPS) is 12.5. The van der Waals surface area contributed by atoms with E-state index >= 15 is 0 Å². The van der Waals surface area contributed by atoms with Crippen molar-refractivity contribution in [2.24, 2.45) is 0 Å². The van der Waals surface area contributed by atoms with Crippen molar-refractivity contribution in [2.75, 3.05) is 0 Å². The van der Waals surface area contributed by atoms with E-state index in [2.05, 4.69) is 25.9 Å². The van der Waals surface area contributed by atoms with Gasteiger partial charge in [-0.1, -0.05) is 18.2 Å². The molecular weight excluding hydrogens is 304 g/mol. The fraction of sp³-hybridized carbons (Fsp3) is 0.0667. The minimum atomic E-state index is -0.720. The molecule has 0 aliphatic heterocycles. The summed E-state index contributed by atoms with van der Waals surface area (Å²) in [4.78, 5) is 8.42. The van der Waals surface area contributed by atoms with Gasteiger partial charge in [-0.15, -0.1) is 0 Å². The Kier molecular flexibility index (Phi) is 3.27. The van der Waals surface area contributed by atoms with Gasteiger partial charge in [0.2, 0.25) is 0 Å². The van der Waals surface area contributed by atoms with Gasteiger partial charge in [0.15, 0.2) is 0 Å². The van der Waals surface area contributed by atoms with Crippen molar-refractivity contribution in [3.63, 3.8) is 0 Å². The largest absolute Gasteiger partial charge is 0.384 e. The second-order valence-electron chi connectivity index (χ2n) is 4.30. The minimum Gasteiger partial charge on any atom is -0.384 e. The highest BCUT2D eigenvalue weighted by atomic mass is 79.9. The van der Waals surface area contributed by atoms with E-state index in [0.717, 1.165) is 26.5 Å². The topological polar surface area (TPSA) is 46.0 Å². The first-order valence-electron chi connectivity index (χ1n) is 5.87. The predicted octanol–water partition coefficient (Wildman–Crippen LogP) is 3.47. The number of pyridine rings is 2. The van der Waals surface area contributed by atoms with E-state index in [9.17, 15) is 5.11 Å². The number of aliphatic hydroxyl groups is 1. The lowest BCUT2D eigenvalue weighted by molar-refractivity contribution is 0.219. The van der Waals surface area contributed by atoms with Crippen molar-refractivity contribution in [1.82, 2.24) is 9.97 Å². The van der Waals surface area contributed by atoms with E-state index in [-0.39, 0.29) is 0 Å². The van der Waals surface area contributed by atoms with Gasteiger partial charge in [-0.2, -0.15) is 0 Å². The third-order valence-corrected chi connectivity index (χ3v) is 3.40. The summed E-state index contributed by atoms with van der Waals surface area (Å²) in [6.45, 7) is 0. The molecule has 0 saturated carbocycles. The van der Waals surface area contributed by atoms with Gasteiger partial charge in [-0.05, 0) is 34.1 Å². The Hall–Kier alpha value is -1.78. The third-order valence-electron chi connectivity index (χ3n) is 2.97. The number of benzene rings is 1. The van der Waals surface area contributed by atoms with Crippen LogP contribution in [0.1, 0.15) is 17.2 Å². The average Bonchev–Trinajstić information content (AvgIpc) is 2.46. The third kappa shape index (κ3) is 2.50. The van der Waals surface area contributed by atoms with Crippen LogP contribution in [0.25, 0.3) is 10.9 Å². The van der Waals surface area contributed by atoms with Crippen LogP contribution in [-0.2, 0) is 0 Å². The van der Waals surface area contributed by atoms with Crippen molar-refractivity contribution >= 4 is 26.8 Å². The molecule has 4 heteroatoms. The number of rotatable bonds is 2. The van der Waals surface area contributed by atoms with Crippen molar-refractivity contribution in [2.45, 2.75) is 6.10 Å². The molecule has 0 saturated heterocycles. The van der Waals surface area contributed by atoms with Crippen LogP contribution in [0.4, 0.5) is 0 Å². The van der Waals surface area contributed by atoms with Crippen molar-refractivity contribution in [3.05, 3.63) is 70.6 Å². The number of aromatic nitrogens is 2. The molecular formula is C15H11BrN2O. The Labute approximate surface area is 119 Å². The van der Waals surface area contributed by atoms with Gasteiger partial charge in [0.05, 0.1) is 5.52 Å². The number of nitrogens with zero attached hydrogens (tertiary/aromatic N) is 2. The second-order valence-corrected chi connectivity index (χ2v) is 5.22. The molecule has 0 amide bonds. The molecule has 1 atom stereocenters. The molecule has 0 spiro atoms. The molecule has 1 N–H and O–H groups in total. The lowest BCUT2D eigenvalue weighted by Gasteiger charge is -2.11. The maximum absolute atomic E-state index is 10.4. The average molecular weight is 315 g/mol. The van der Waals surface area contributed by atoms with Crippen LogP contribution < -0.4 is 0 Å². The van der Waals surface area contributed by atoms with E-state index in [1.165, 1.54) is 0 Å². The molecule has 2 aromatic heterocycles. The Morgan fingerprint density at radius 2 is 1.79 bits per heavy atom. The fourth-order valence-corrected chi connectivity index (χ4v) is 2.39. The van der Waals surface area contributed by atoms with Gasteiger partial charge in [-0.3, -0.25) is 9.97 Å². The van der Waals surface area contributed by atoms with Crippen LogP contribution in [0.15, 0.2) is 59.5 Å². The van der Waals surface area contributed by atoms with Gasteiger partial charge in [0.25, 0.3) is 0 Å². The number of hydrogen-bond donors (Lipinski definition) is 1. The summed E-state index contributed by atoms with van der Waals surface area (Å²) < 4.78 is 0.845. The molecule has 0 fully saturated rings. The predicted molar refractivity (Wildman–Crippen MR) is 77.7 cm³/mol. The number of para-hydroxylation sites is 1. The highest BCUT2D eigenvalue weighted by Crippen LogP contribution is 2.25. The summed E-state index contributed by atoms with van der Waals surface area (Å²) in [6.07, 6.45) is 4.33. The first kappa shape index (κ1) is 12.3. The molecule has 0 bridgehead atoms. The fourth-order valence-electron chi connectivity index (χ4n) is 2.01. The molecule has 0 aliphatic rings. The lowest BCUT2D eigenvalue weighted by Crippen LogP contribution is -2.01. The minimum absolute atomic E-state index is 0.720. The first-order chi connectivity index (χ1) is 9.24. The number of fused-ring (bicyclic) bond motifs is 1. The molecule has 0 aliphatic carbocycles. The maximum atomic E-state index is 10.4. The van der Waals surface area contributed by atoms with E-state index in [1.54, 1.807) is 18.6 Å². The monoisotopic (exact) mass is 314 g/mol. The summed E-state index contributed by atoms with van der Waals surface area (Å²) in [7, 11) is 0. The summed E-state index contributed by atoms with van der Waals surface area (Å²) in [6, 6.07) is 11.6. The number of halogens is 1. The quantitative estimate of drug-likeness (QED) is 0.787. The van der Waals surface area contributed by atoms with Crippen LogP contribution >= 0.6 is 15.9 Å². The number of aliphatic hydroxyl groups excluding tert-OH is 1. The summed E-state index contributed by atoms with van der Waals surface area (Å²) in [5.74, 6) is 0. The van der Waals surface area contributed by atoms with Gasteiger partial charge in [-0.25, -0.2) is 0 Å². The van der Waals surface area contributed by atoms with Gasteiger partial charge in [0, 0.05) is 39.6 Å². The maximum Gasteiger partial charge on any atom is 0.107 e. The highest BCUT2D eigenvalue weighted by Gasteiger charge is 2.12. The highest BCUT2D eigenvalue weighted by molar-refractivity contribution is 9.10. The number of hydrogen-bond acceptors (Lipinski definition) is 3. The van der Waals surface area contributed by atoms with E-state index in [4.69, 9.17) is 0 Å². The molecule has 3 rings (SSSR count). The van der Waals surface area contributed by atoms with Crippen molar-refractivity contribution < 1.29 is 5.11 Å². The molecule has 0 radical (unpaired) electrons. The zero-order valence-corrected chi connectivity index (χ0v) is 11.6. The molecule has 1 unspecified atom stereocenters. The van der Waals surface area contributed by atoms with Crippen molar-refractivity contribution in [3.8, 4) is 0 Å². The SMILES string of the molecule is OC(c1cncc(Br)c1)c1cnc2ccccc2c1. The van der Waals surface area contributed by atoms with Gasteiger partial charge < -0.3 is 5.11 Å². The van der Waals surface area contributed by atoms with E-state index < -0.39 is 6.10 Å². The second kappa shape index (κ2) is 5.07. The van der Waals surface area contributed by atoms with Crippen molar-refractivity contribution in [1.29, 1.82) is 0 Å². The zero-order valence-electron chi connectivity index (χ0n) is 9.99. The summed E-state index contributed by atoms with van der Waals surface area (Å²) in [5.41, 5.74) is 2.43. The molecule has 94 valence electrons. The van der Waals surface area contributed by atoms with Gasteiger partial charge >= 0.3 is 0 Å². The Balaban J connectivity index is 2.04. The Morgan fingerprint density at radius 1 is 1.00 bits per heavy atom. The molecule has 3 nitrogen and oxygen atoms in total. The lowest BCUT2D eigenvalue weighted by atomic mass is 10.0. The van der Waals surface area contributed by atoms with Gasteiger partial charge in [0.1, 0.15) is 6.10 Å². The molecule has 1 aromatic carbocycles. The summed E-state index contributed by atoms with van der Waals surface area (Å²) in [5, 5.41) is 11.4. The smallest absolute Gasteiger partial charge is 0.107 e.